The van der Waals surface area contributed by atoms with Crippen molar-refractivity contribution in [3.63, 3.8) is 0 Å². The molecule has 2 aromatic carbocycles. The Labute approximate surface area is 200 Å². The Kier molecular flexibility index (Phi) is 9.47. The van der Waals surface area contributed by atoms with E-state index in [1.807, 2.05) is 30.4 Å². The molecule has 0 unspecified atom stereocenters. The first-order chi connectivity index (χ1) is 15.5. The number of aryl methyl sites for hydroxylation is 1. The van der Waals surface area contributed by atoms with Crippen molar-refractivity contribution in [1.82, 2.24) is 4.98 Å². The number of likely N-dealkylation sites (N-methyl/N-ethyl adjacent to an activating group) is 1. The molecular weight excluding hydrogens is 495 g/mol. The largest absolute Gasteiger partial charge is 0.466 e. The average molecular weight is 523 g/mol. The minimum absolute atomic E-state index is 0.152. The van der Waals surface area contributed by atoms with Gasteiger partial charge in [-0.3, -0.25) is 0 Å². The van der Waals surface area contributed by atoms with E-state index in [-0.39, 0.29) is 13.4 Å². The summed E-state index contributed by atoms with van der Waals surface area (Å²) < 4.78 is 30.0. The summed E-state index contributed by atoms with van der Waals surface area (Å²) in [5.74, 6) is 0.738. The second-order valence-corrected chi connectivity index (χ2v) is 9.03. The van der Waals surface area contributed by atoms with Gasteiger partial charge < -0.3 is 19.1 Å². The highest BCUT2D eigenvalue weighted by molar-refractivity contribution is 9.10. The number of hydrogen-bond acceptors (Lipinski definition) is 6. The maximum Gasteiger partial charge on any atom is 0.188 e. The smallest absolute Gasteiger partial charge is 0.188 e. The molecule has 172 valence electrons. The van der Waals surface area contributed by atoms with Gasteiger partial charge in [-0.25, -0.2) is 9.37 Å². The second kappa shape index (κ2) is 12.3. The van der Waals surface area contributed by atoms with Crippen molar-refractivity contribution in [3.05, 3.63) is 50.9 Å². The molecule has 5 nitrogen and oxygen atoms in total. The first-order valence-electron chi connectivity index (χ1n) is 10.4. The van der Waals surface area contributed by atoms with Crippen LogP contribution < -0.4 is 9.64 Å². The SMILES string of the molecule is CCN(CCOCCF)c1cc2sc(/C=C/c3ccc(OCOC)c(Br)c3)nc2cc1C. The maximum atomic E-state index is 12.3. The van der Waals surface area contributed by atoms with Gasteiger partial charge in [-0.2, -0.15) is 0 Å². The van der Waals surface area contributed by atoms with Crippen molar-refractivity contribution in [2.24, 2.45) is 0 Å². The van der Waals surface area contributed by atoms with Crippen molar-refractivity contribution in [1.29, 1.82) is 0 Å². The van der Waals surface area contributed by atoms with E-state index in [4.69, 9.17) is 19.2 Å². The van der Waals surface area contributed by atoms with Gasteiger partial charge >= 0.3 is 0 Å². The quantitative estimate of drug-likeness (QED) is 0.205. The lowest BCUT2D eigenvalue weighted by Crippen LogP contribution is -2.28. The third kappa shape index (κ3) is 6.51. The molecule has 0 bridgehead atoms. The monoisotopic (exact) mass is 522 g/mol. The normalized spacial score (nSPS) is 11.5. The zero-order valence-corrected chi connectivity index (χ0v) is 21.0. The molecule has 0 aliphatic heterocycles. The van der Waals surface area contributed by atoms with Crippen LogP contribution in [0, 0.1) is 6.92 Å². The van der Waals surface area contributed by atoms with E-state index in [0.29, 0.717) is 6.61 Å². The van der Waals surface area contributed by atoms with Gasteiger partial charge in [0.05, 0.1) is 27.9 Å². The molecule has 0 fully saturated rings. The van der Waals surface area contributed by atoms with Gasteiger partial charge in [0.25, 0.3) is 0 Å². The Morgan fingerprint density at radius 2 is 2.03 bits per heavy atom. The predicted octanol–water partition coefficient (Wildman–Crippen LogP) is 6.33. The van der Waals surface area contributed by atoms with Crippen LogP contribution in [-0.4, -0.2) is 51.9 Å². The number of fused-ring (bicyclic) bond motifs is 1. The molecule has 1 aromatic heterocycles. The summed E-state index contributed by atoms with van der Waals surface area (Å²) in [6, 6.07) is 10.2. The van der Waals surface area contributed by atoms with Gasteiger partial charge in [0.15, 0.2) is 6.79 Å². The lowest BCUT2D eigenvalue weighted by atomic mass is 10.1. The van der Waals surface area contributed by atoms with Crippen LogP contribution in [0.4, 0.5) is 10.1 Å². The van der Waals surface area contributed by atoms with Crippen LogP contribution in [0.5, 0.6) is 5.75 Å². The molecule has 0 N–H and O–H groups in total. The van der Waals surface area contributed by atoms with E-state index in [1.54, 1.807) is 18.4 Å². The highest BCUT2D eigenvalue weighted by Gasteiger charge is 2.12. The molecule has 0 saturated heterocycles. The van der Waals surface area contributed by atoms with E-state index < -0.39 is 6.67 Å². The van der Waals surface area contributed by atoms with Gasteiger partial charge in [-0.1, -0.05) is 12.1 Å². The van der Waals surface area contributed by atoms with Crippen LogP contribution in [0.3, 0.4) is 0 Å². The Bertz CT molecular complexity index is 1060. The fourth-order valence-electron chi connectivity index (χ4n) is 3.31. The van der Waals surface area contributed by atoms with Crippen LogP contribution in [0.2, 0.25) is 0 Å². The molecule has 0 aliphatic carbocycles. The Morgan fingerprint density at radius 1 is 1.19 bits per heavy atom. The number of halogens is 2. The number of ether oxygens (including phenoxy) is 3. The standard InChI is InChI=1S/C24H28BrFN2O3S/c1-4-28(10-12-30-11-9-26)21-15-23-20(13-17(21)2)27-24(32-23)8-6-18-5-7-22(19(25)14-18)31-16-29-3/h5-8,13-15H,4,9-12,16H2,1-3H3/b8-6+. The summed E-state index contributed by atoms with van der Waals surface area (Å²) in [5, 5.41) is 0.946. The molecule has 32 heavy (non-hydrogen) atoms. The topological polar surface area (TPSA) is 43.8 Å². The molecule has 0 atom stereocenters. The summed E-state index contributed by atoms with van der Waals surface area (Å²) in [4.78, 5) is 7.03. The molecule has 0 radical (unpaired) electrons. The van der Waals surface area contributed by atoms with Gasteiger partial charge in [-0.15, -0.1) is 11.3 Å². The number of alkyl halides is 1. The fraction of sp³-hybridized carbons (Fsp3) is 0.375. The van der Waals surface area contributed by atoms with Crippen LogP contribution in [0.15, 0.2) is 34.8 Å². The van der Waals surface area contributed by atoms with Crippen LogP contribution >= 0.6 is 27.3 Å². The maximum absolute atomic E-state index is 12.3. The molecule has 0 saturated carbocycles. The summed E-state index contributed by atoms with van der Waals surface area (Å²) in [6.07, 6.45) is 4.07. The zero-order valence-electron chi connectivity index (χ0n) is 18.6. The summed E-state index contributed by atoms with van der Waals surface area (Å²) in [5.41, 5.74) is 4.37. The molecule has 8 heteroatoms. The van der Waals surface area contributed by atoms with Crippen molar-refractivity contribution >= 4 is 55.3 Å². The highest BCUT2D eigenvalue weighted by Crippen LogP contribution is 2.32. The minimum atomic E-state index is -0.447. The molecule has 3 aromatic rings. The van der Waals surface area contributed by atoms with Crippen molar-refractivity contribution < 1.29 is 18.6 Å². The van der Waals surface area contributed by atoms with Crippen molar-refractivity contribution in [2.75, 3.05) is 51.8 Å². The molecule has 0 aliphatic rings. The molecule has 0 amide bonds. The summed E-state index contributed by atoms with van der Waals surface area (Å²) in [6.45, 7) is 6.22. The molecular formula is C24H28BrFN2O3S. The average Bonchev–Trinajstić information content (AvgIpc) is 3.18. The number of hydrogen-bond donors (Lipinski definition) is 0. The van der Waals surface area contributed by atoms with E-state index in [0.717, 1.165) is 44.1 Å². The fourth-order valence-corrected chi connectivity index (χ4v) is 4.70. The van der Waals surface area contributed by atoms with Gasteiger partial charge in [0.1, 0.15) is 17.4 Å². The lowest BCUT2D eigenvalue weighted by molar-refractivity contribution is 0.0506. The van der Waals surface area contributed by atoms with Crippen molar-refractivity contribution in [2.45, 2.75) is 13.8 Å². The number of rotatable bonds is 12. The summed E-state index contributed by atoms with van der Waals surface area (Å²) >= 11 is 5.19. The third-order valence-corrected chi connectivity index (χ3v) is 6.48. The van der Waals surface area contributed by atoms with Crippen LogP contribution in [0.25, 0.3) is 22.4 Å². The number of methoxy groups -OCH3 is 1. The Balaban J connectivity index is 1.75. The predicted molar refractivity (Wildman–Crippen MR) is 135 cm³/mol. The first-order valence-corrected chi connectivity index (χ1v) is 12.1. The van der Waals surface area contributed by atoms with Crippen molar-refractivity contribution in [3.8, 4) is 5.75 Å². The van der Waals surface area contributed by atoms with Gasteiger partial charge in [0.2, 0.25) is 0 Å². The van der Waals surface area contributed by atoms with E-state index >= 15 is 0 Å². The Hall–Kier alpha value is -2.00. The molecule has 1 heterocycles. The van der Waals surface area contributed by atoms with E-state index in [9.17, 15) is 4.39 Å². The van der Waals surface area contributed by atoms with E-state index in [1.165, 1.54) is 11.3 Å². The lowest BCUT2D eigenvalue weighted by Gasteiger charge is -2.24. The van der Waals surface area contributed by atoms with Gasteiger partial charge in [0, 0.05) is 25.9 Å². The zero-order chi connectivity index (χ0) is 22.9. The number of thiazole rings is 1. The first kappa shape index (κ1) is 24.6. The number of anilines is 1. The summed E-state index contributed by atoms with van der Waals surface area (Å²) in [7, 11) is 1.59. The Morgan fingerprint density at radius 3 is 2.75 bits per heavy atom. The third-order valence-electron chi connectivity index (χ3n) is 4.88. The van der Waals surface area contributed by atoms with E-state index in [2.05, 4.69) is 46.8 Å². The number of benzene rings is 2. The van der Waals surface area contributed by atoms with Crippen LogP contribution in [0.1, 0.15) is 23.1 Å². The molecule has 3 rings (SSSR count). The minimum Gasteiger partial charge on any atom is -0.466 e. The highest BCUT2D eigenvalue weighted by atomic mass is 79.9. The second-order valence-electron chi connectivity index (χ2n) is 7.11. The molecule has 0 spiro atoms. The number of nitrogens with zero attached hydrogens (tertiary/aromatic N) is 2. The number of aromatic nitrogens is 1. The van der Waals surface area contributed by atoms with Gasteiger partial charge in [-0.05, 0) is 71.2 Å². The van der Waals surface area contributed by atoms with Crippen LogP contribution in [-0.2, 0) is 9.47 Å².